The smallest absolute Gasteiger partial charge is 0.271 e. The normalized spacial score (nSPS) is 11.5. The first-order chi connectivity index (χ1) is 8.54. The number of nitrogens with zero attached hydrogens (tertiary/aromatic N) is 1. The number of hydrogen-bond acceptors (Lipinski definition) is 6. The van der Waals surface area contributed by atoms with Gasteiger partial charge in [0.15, 0.2) is 0 Å². The van der Waals surface area contributed by atoms with Gasteiger partial charge in [-0.2, -0.15) is 0 Å². The number of nitrogens with two attached hydrogens (primary N) is 1. The van der Waals surface area contributed by atoms with E-state index in [2.05, 4.69) is 5.32 Å². The molecule has 1 rings (SSSR count). The van der Waals surface area contributed by atoms with Crippen molar-refractivity contribution in [2.75, 3.05) is 25.4 Å². The fraction of sp³-hybridized carbons (Fsp3) is 0.455. The van der Waals surface area contributed by atoms with Crippen molar-refractivity contribution in [2.24, 2.45) is 0 Å². The van der Waals surface area contributed by atoms with E-state index in [1.807, 2.05) is 6.92 Å². The van der Waals surface area contributed by atoms with E-state index in [1.165, 1.54) is 18.2 Å². The van der Waals surface area contributed by atoms with E-state index in [0.29, 0.717) is 12.3 Å². The molecule has 0 heterocycles. The molecular formula is C11H18ClN3O4. The molecule has 7 nitrogen and oxygen atoms in total. The van der Waals surface area contributed by atoms with Gasteiger partial charge >= 0.3 is 0 Å². The van der Waals surface area contributed by atoms with Gasteiger partial charge in [-0.15, -0.1) is 12.4 Å². The predicted molar refractivity (Wildman–Crippen MR) is 74.8 cm³/mol. The average molecular weight is 292 g/mol. The second-order valence-corrected chi connectivity index (χ2v) is 3.75. The van der Waals surface area contributed by atoms with Crippen LogP contribution in [0.5, 0.6) is 5.75 Å². The molecule has 0 aliphatic rings. The number of nitrogens with one attached hydrogen (secondary N) is 1. The molecule has 4 N–H and O–H groups in total. The minimum atomic E-state index is -0.653. The SMILES string of the molecule is CCNCC(O)COc1ccc([N+](=O)[O-])cc1N.Cl. The number of likely N-dealkylation sites (N-methyl/N-ethyl adjacent to an activating group) is 1. The minimum Gasteiger partial charge on any atom is -0.489 e. The Kier molecular flexibility index (Phi) is 7.81. The molecule has 19 heavy (non-hydrogen) atoms. The van der Waals surface area contributed by atoms with Crippen LogP contribution in [0.25, 0.3) is 0 Å². The number of nitro benzene ring substituents is 1. The molecule has 1 aromatic rings. The average Bonchev–Trinajstić information content (AvgIpc) is 2.34. The molecule has 0 saturated carbocycles. The summed E-state index contributed by atoms with van der Waals surface area (Å²) in [7, 11) is 0. The number of aliphatic hydroxyl groups is 1. The van der Waals surface area contributed by atoms with Gasteiger partial charge in [0.05, 0.1) is 10.6 Å². The molecule has 1 atom stereocenters. The highest BCUT2D eigenvalue weighted by Gasteiger charge is 2.11. The van der Waals surface area contributed by atoms with E-state index in [-0.39, 0.29) is 30.4 Å². The Hall–Kier alpha value is -1.57. The zero-order valence-corrected chi connectivity index (χ0v) is 11.4. The third-order valence-corrected chi connectivity index (χ3v) is 2.27. The Morgan fingerprint density at radius 2 is 2.26 bits per heavy atom. The first kappa shape index (κ1) is 17.4. The number of nitrogen functional groups attached to an aromatic ring is 1. The van der Waals surface area contributed by atoms with Gasteiger partial charge in [-0.25, -0.2) is 0 Å². The van der Waals surface area contributed by atoms with Crippen molar-refractivity contribution in [1.82, 2.24) is 5.32 Å². The Morgan fingerprint density at radius 1 is 1.58 bits per heavy atom. The Labute approximate surface area is 117 Å². The minimum absolute atomic E-state index is 0. The first-order valence-electron chi connectivity index (χ1n) is 5.60. The molecule has 0 bridgehead atoms. The number of ether oxygens (including phenoxy) is 1. The van der Waals surface area contributed by atoms with Crippen LogP contribution < -0.4 is 15.8 Å². The van der Waals surface area contributed by atoms with Crippen LogP contribution in [0.4, 0.5) is 11.4 Å². The van der Waals surface area contributed by atoms with Crippen LogP contribution in [0, 0.1) is 10.1 Å². The van der Waals surface area contributed by atoms with Crippen LogP contribution in [-0.4, -0.2) is 35.8 Å². The first-order valence-corrected chi connectivity index (χ1v) is 5.60. The van der Waals surface area contributed by atoms with E-state index >= 15 is 0 Å². The van der Waals surface area contributed by atoms with Gasteiger partial charge in [0.25, 0.3) is 5.69 Å². The van der Waals surface area contributed by atoms with Gasteiger partial charge < -0.3 is 20.9 Å². The second kappa shape index (κ2) is 8.52. The highest BCUT2D eigenvalue weighted by atomic mass is 35.5. The Bertz CT molecular complexity index is 417. The van der Waals surface area contributed by atoms with Crippen molar-refractivity contribution < 1.29 is 14.8 Å². The van der Waals surface area contributed by atoms with Crippen LogP contribution in [-0.2, 0) is 0 Å². The molecule has 0 radical (unpaired) electrons. The second-order valence-electron chi connectivity index (χ2n) is 3.75. The number of rotatable bonds is 7. The summed E-state index contributed by atoms with van der Waals surface area (Å²) in [4.78, 5) is 9.98. The standard InChI is InChI=1S/C11H17N3O4.ClH/c1-2-13-6-9(15)7-18-11-4-3-8(14(16)17)5-10(11)12;/h3-5,9,13,15H,2,6-7,12H2,1H3;1H. The van der Waals surface area contributed by atoms with Crippen molar-refractivity contribution >= 4 is 23.8 Å². The molecule has 0 fully saturated rings. The van der Waals surface area contributed by atoms with Crippen LogP contribution >= 0.6 is 12.4 Å². The van der Waals surface area contributed by atoms with E-state index in [1.54, 1.807) is 0 Å². The van der Waals surface area contributed by atoms with E-state index < -0.39 is 11.0 Å². The van der Waals surface area contributed by atoms with Gasteiger partial charge in [0.1, 0.15) is 18.5 Å². The summed E-state index contributed by atoms with van der Waals surface area (Å²) in [5.41, 5.74) is 5.71. The van der Waals surface area contributed by atoms with Crippen molar-refractivity contribution in [2.45, 2.75) is 13.0 Å². The molecule has 0 saturated heterocycles. The molecule has 0 aromatic heterocycles. The summed E-state index contributed by atoms with van der Waals surface area (Å²) in [6, 6.07) is 3.96. The molecule has 0 aliphatic heterocycles. The molecule has 0 amide bonds. The highest BCUT2D eigenvalue weighted by molar-refractivity contribution is 5.85. The zero-order chi connectivity index (χ0) is 13.5. The van der Waals surface area contributed by atoms with Crippen molar-refractivity contribution in [3.05, 3.63) is 28.3 Å². The maximum absolute atomic E-state index is 10.5. The summed E-state index contributed by atoms with van der Waals surface area (Å²) in [5.74, 6) is 0.330. The third kappa shape index (κ3) is 5.73. The van der Waals surface area contributed by atoms with Gasteiger partial charge in [-0.1, -0.05) is 6.92 Å². The summed E-state index contributed by atoms with van der Waals surface area (Å²) in [5, 5.41) is 23.0. The third-order valence-electron chi connectivity index (χ3n) is 2.27. The number of nitro groups is 1. The summed E-state index contributed by atoms with van der Waals surface area (Å²) in [6.45, 7) is 3.19. The lowest BCUT2D eigenvalue weighted by Gasteiger charge is -2.13. The van der Waals surface area contributed by atoms with Gasteiger partial charge in [0, 0.05) is 18.7 Å². The number of non-ortho nitro benzene ring substituents is 1. The van der Waals surface area contributed by atoms with Crippen LogP contribution in [0.3, 0.4) is 0 Å². The molecule has 0 spiro atoms. The summed E-state index contributed by atoms with van der Waals surface area (Å²) in [6.07, 6.45) is -0.653. The molecule has 1 unspecified atom stereocenters. The van der Waals surface area contributed by atoms with Gasteiger partial charge in [-0.3, -0.25) is 10.1 Å². The maximum atomic E-state index is 10.5. The molecule has 8 heteroatoms. The van der Waals surface area contributed by atoms with Crippen LogP contribution in [0.15, 0.2) is 18.2 Å². The van der Waals surface area contributed by atoms with Gasteiger partial charge in [0.2, 0.25) is 0 Å². The van der Waals surface area contributed by atoms with E-state index in [9.17, 15) is 15.2 Å². The maximum Gasteiger partial charge on any atom is 0.271 e. The van der Waals surface area contributed by atoms with Crippen molar-refractivity contribution in [1.29, 1.82) is 0 Å². The van der Waals surface area contributed by atoms with Gasteiger partial charge in [-0.05, 0) is 12.6 Å². The van der Waals surface area contributed by atoms with E-state index in [0.717, 1.165) is 6.54 Å². The molecule has 0 aliphatic carbocycles. The summed E-state index contributed by atoms with van der Waals surface area (Å²) < 4.78 is 5.29. The lowest BCUT2D eigenvalue weighted by molar-refractivity contribution is -0.384. The predicted octanol–water partition coefficient (Wildman–Crippen LogP) is 0.948. The largest absolute Gasteiger partial charge is 0.489 e. The van der Waals surface area contributed by atoms with E-state index in [4.69, 9.17) is 10.5 Å². The Morgan fingerprint density at radius 3 is 2.79 bits per heavy atom. The lowest BCUT2D eigenvalue weighted by Crippen LogP contribution is -2.31. The number of aliphatic hydroxyl groups excluding tert-OH is 1. The quantitative estimate of drug-likeness (QED) is 0.392. The number of halogens is 1. The summed E-state index contributed by atoms with van der Waals surface area (Å²) >= 11 is 0. The highest BCUT2D eigenvalue weighted by Crippen LogP contribution is 2.26. The van der Waals surface area contributed by atoms with Crippen LogP contribution in [0.2, 0.25) is 0 Å². The number of anilines is 1. The monoisotopic (exact) mass is 291 g/mol. The molecule has 1 aromatic carbocycles. The number of benzene rings is 1. The fourth-order valence-corrected chi connectivity index (χ4v) is 1.34. The zero-order valence-electron chi connectivity index (χ0n) is 10.5. The molecule has 108 valence electrons. The van der Waals surface area contributed by atoms with Crippen LogP contribution in [0.1, 0.15) is 6.92 Å². The Balaban J connectivity index is 0.00000324. The lowest BCUT2D eigenvalue weighted by atomic mass is 10.2. The van der Waals surface area contributed by atoms with Crippen molar-refractivity contribution in [3.63, 3.8) is 0 Å². The topological polar surface area (TPSA) is 111 Å². The fourth-order valence-electron chi connectivity index (χ4n) is 1.34. The van der Waals surface area contributed by atoms with Crippen molar-refractivity contribution in [3.8, 4) is 5.75 Å². The number of hydrogen-bond donors (Lipinski definition) is 3. The molecular weight excluding hydrogens is 274 g/mol.